The zero-order valence-corrected chi connectivity index (χ0v) is 16.5. The molecule has 3 rings (SSSR count). The molecular weight excluding hydrogens is 352 g/mol. The number of nitrogens with zero attached hydrogens (tertiary/aromatic N) is 2. The van der Waals surface area contributed by atoms with Crippen LogP contribution in [0.2, 0.25) is 0 Å². The Hall–Kier alpha value is -2.82. The summed E-state index contributed by atoms with van der Waals surface area (Å²) < 4.78 is 5.43. The van der Waals surface area contributed by atoms with E-state index in [1.165, 1.54) is 5.56 Å². The average Bonchev–Trinajstić information content (AvgIpc) is 2.74. The Balaban J connectivity index is 1.42. The molecule has 1 aliphatic rings. The Kier molecular flexibility index (Phi) is 7.06. The standard InChI is InChI=1S/C23H28N2O3/c1-2-28-21-11-8-20(9-12-21)18-23(27)25-16-14-24(15-17-25)22(26)13-10-19-6-4-3-5-7-19/h3-9,11-12H,2,10,13-18H2,1H3. The van der Waals surface area contributed by atoms with Crippen molar-refractivity contribution in [2.24, 2.45) is 0 Å². The second-order valence-corrected chi connectivity index (χ2v) is 7.00. The molecule has 2 aromatic carbocycles. The summed E-state index contributed by atoms with van der Waals surface area (Å²) in [6.45, 7) is 5.02. The molecule has 0 aliphatic carbocycles. The number of hydrogen-bond donors (Lipinski definition) is 0. The maximum absolute atomic E-state index is 12.6. The highest BCUT2D eigenvalue weighted by Crippen LogP contribution is 2.14. The van der Waals surface area contributed by atoms with Crippen LogP contribution in [-0.4, -0.2) is 54.4 Å². The summed E-state index contributed by atoms with van der Waals surface area (Å²) >= 11 is 0. The van der Waals surface area contributed by atoms with Crippen molar-refractivity contribution >= 4 is 11.8 Å². The Labute approximate surface area is 166 Å². The van der Waals surface area contributed by atoms with E-state index in [-0.39, 0.29) is 11.8 Å². The molecule has 1 aliphatic heterocycles. The van der Waals surface area contributed by atoms with Crippen LogP contribution in [0.15, 0.2) is 54.6 Å². The molecule has 2 aromatic rings. The lowest BCUT2D eigenvalue weighted by Crippen LogP contribution is -2.51. The summed E-state index contributed by atoms with van der Waals surface area (Å²) in [6, 6.07) is 17.7. The SMILES string of the molecule is CCOc1ccc(CC(=O)N2CCN(C(=O)CCc3ccccc3)CC2)cc1. The predicted molar refractivity (Wildman–Crippen MR) is 109 cm³/mol. The van der Waals surface area contributed by atoms with Crippen molar-refractivity contribution in [3.8, 4) is 5.75 Å². The van der Waals surface area contributed by atoms with Crippen molar-refractivity contribution in [1.29, 1.82) is 0 Å². The minimum Gasteiger partial charge on any atom is -0.494 e. The van der Waals surface area contributed by atoms with Crippen LogP contribution < -0.4 is 4.74 Å². The van der Waals surface area contributed by atoms with Gasteiger partial charge in [0.05, 0.1) is 13.0 Å². The van der Waals surface area contributed by atoms with Gasteiger partial charge in [0.2, 0.25) is 11.8 Å². The summed E-state index contributed by atoms with van der Waals surface area (Å²) in [4.78, 5) is 28.7. The lowest BCUT2D eigenvalue weighted by Gasteiger charge is -2.35. The Morgan fingerprint density at radius 2 is 1.43 bits per heavy atom. The van der Waals surface area contributed by atoms with Crippen molar-refractivity contribution in [3.63, 3.8) is 0 Å². The van der Waals surface area contributed by atoms with Crippen LogP contribution in [0.3, 0.4) is 0 Å². The van der Waals surface area contributed by atoms with Crippen LogP contribution in [0.25, 0.3) is 0 Å². The number of aryl methyl sites for hydroxylation is 1. The quantitative estimate of drug-likeness (QED) is 0.742. The molecule has 1 fully saturated rings. The topological polar surface area (TPSA) is 49.9 Å². The number of amides is 2. The molecule has 0 saturated carbocycles. The van der Waals surface area contributed by atoms with E-state index in [0.717, 1.165) is 17.7 Å². The fourth-order valence-electron chi connectivity index (χ4n) is 3.42. The third-order valence-electron chi connectivity index (χ3n) is 5.05. The van der Waals surface area contributed by atoms with Crippen molar-refractivity contribution < 1.29 is 14.3 Å². The Morgan fingerprint density at radius 1 is 0.821 bits per heavy atom. The Morgan fingerprint density at radius 3 is 2.04 bits per heavy atom. The molecule has 148 valence electrons. The summed E-state index contributed by atoms with van der Waals surface area (Å²) in [5.41, 5.74) is 2.16. The minimum atomic E-state index is 0.112. The van der Waals surface area contributed by atoms with Crippen molar-refractivity contribution in [2.45, 2.75) is 26.2 Å². The van der Waals surface area contributed by atoms with Gasteiger partial charge >= 0.3 is 0 Å². The number of rotatable bonds is 7. The van der Waals surface area contributed by atoms with E-state index in [9.17, 15) is 9.59 Å². The zero-order valence-electron chi connectivity index (χ0n) is 16.5. The average molecular weight is 380 g/mol. The van der Waals surface area contributed by atoms with Gasteiger partial charge in [-0.05, 0) is 36.6 Å². The second-order valence-electron chi connectivity index (χ2n) is 7.00. The number of benzene rings is 2. The summed E-state index contributed by atoms with van der Waals surface area (Å²) in [7, 11) is 0. The summed E-state index contributed by atoms with van der Waals surface area (Å²) in [5.74, 6) is 1.10. The first-order valence-corrected chi connectivity index (χ1v) is 9.97. The van der Waals surface area contributed by atoms with E-state index in [1.807, 2.05) is 71.3 Å². The molecule has 0 N–H and O–H groups in total. The zero-order chi connectivity index (χ0) is 19.8. The largest absolute Gasteiger partial charge is 0.494 e. The van der Waals surface area contributed by atoms with Crippen LogP contribution >= 0.6 is 0 Å². The molecule has 2 amide bonds. The third kappa shape index (κ3) is 5.59. The molecule has 0 unspecified atom stereocenters. The van der Waals surface area contributed by atoms with E-state index < -0.39 is 0 Å². The number of hydrogen-bond acceptors (Lipinski definition) is 3. The van der Waals surface area contributed by atoms with Crippen LogP contribution in [0, 0.1) is 0 Å². The molecule has 0 spiro atoms. The first kappa shape index (κ1) is 19.9. The highest BCUT2D eigenvalue weighted by atomic mass is 16.5. The summed E-state index contributed by atoms with van der Waals surface area (Å²) in [5, 5.41) is 0. The fourth-order valence-corrected chi connectivity index (χ4v) is 3.42. The Bertz CT molecular complexity index is 766. The molecule has 5 heteroatoms. The molecule has 1 saturated heterocycles. The third-order valence-corrected chi connectivity index (χ3v) is 5.05. The number of piperazine rings is 1. The minimum absolute atomic E-state index is 0.112. The van der Waals surface area contributed by atoms with E-state index >= 15 is 0 Å². The van der Waals surface area contributed by atoms with E-state index in [4.69, 9.17) is 4.74 Å². The highest BCUT2D eigenvalue weighted by molar-refractivity contribution is 5.80. The number of carbonyl (C=O) groups excluding carboxylic acids is 2. The molecule has 0 radical (unpaired) electrons. The van der Waals surface area contributed by atoms with Crippen molar-refractivity contribution in [1.82, 2.24) is 9.80 Å². The molecule has 0 aromatic heterocycles. The molecule has 0 bridgehead atoms. The van der Waals surface area contributed by atoms with Crippen molar-refractivity contribution in [2.75, 3.05) is 32.8 Å². The van der Waals surface area contributed by atoms with Gasteiger partial charge in [0, 0.05) is 32.6 Å². The van der Waals surface area contributed by atoms with Gasteiger partial charge in [-0.3, -0.25) is 9.59 Å². The van der Waals surface area contributed by atoms with Gasteiger partial charge < -0.3 is 14.5 Å². The van der Waals surface area contributed by atoms with Gasteiger partial charge in [-0.25, -0.2) is 0 Å². The smallest absolute Gasteiger partial charge is 0.227 e. The lowest BCUT2D eigenvalue weighted by atomic mass is 10.1. The van der Waals surface area contributed by atoms with Crippen molar-refractivity contribution in [3.05, 3.63) is 65.7 Å². The summed E-state index contributed by atoms with van der Waals surface area (Å²) in [6.07, 6.45) is 1.66. The monoisotopic (exact) mass is 380 g/mol. The van der Waals surface area contributed by atoms with Gasteiger partial charge in [0.15, 0.2) is 0 Å². The normalized spacial score (nSPS) is 14.0. The molecule has 5 nitrogen and oxygen atoms in total. The lowest BCUT2D eigenvalue weighted by molar-refractivity contribution is -0.139. The molecular formula is C23H28N2O3. The van der Waals surface area contributed by atoms with Crippen LogP contribution in [-0.2, 0) is 22.4 Å². The highest BCUT2D eigenvalue weighted by Gasteiger charge is 2.23. The van der Waals surface area contributed by atoms with E-state index in [0.29, 0.717) is 45.6 Å². The molecule has 0 atom stereocenters. The van der Waals surface area contributed by atoms with Gasteiger partial charge in [0.1, 0.15) is 5.75 Å². The molecule has 1 heterocycles. The van der Waals surface area contributed by atoms with Gasteiger partial charge in [0.25, 0.3) is 0 Å². The predicted octanol–water partition coefficient (Wildman–Crippen LogP) is 2.93. The van der Waals surface area contributed by atoms with Crippen LogP contribution in [0.1, 0.15) is 24.5 Å². The van der Waals surface area contributed by atoms with E-state index in [2.05, 4.69) is 0 Å². The van der Waals surface area contributed by atoms with Crippen LogP contribution in [0.5, 0.6) is 5.75 Å². The van der Waals surface area contributed by atoms with Crippen LogP contribution in [0.4, 0.5) is 0 Å². The maximum atomic E-state index is 12.6. The van der Waals surface area contributed by atoms with Gasteiger partial charge in [-0.2, -0.15) is 0 Å². The van der Waals surface area contributed by atoms with Gasteiger partial charge in [-0.1, -0.05) is 42.5 Å². The van der Waals surface area contributed by atoms with Gasteiger partial charge in [-0.15, -0.1) is 0 Å². The maximum Gasteiger partial charge on any atom is 0.227 e. The first-order valence-electron chi connectivity index (χ1n) is 9.97. The molecule has 28 heavy (non-hydrogen) atoms. The number of ether oxygens (including phenoxy) is 1. The first-order chi connectivity index (χ1) is 13.7. The fraction of sp³-hybridized carbons (Fsp3) is 0.391. The number of carbonyl (C=O) groups is 2. The second kappa shape index (κ2) is 9.93. The van der Waals surface area contributed by atoms with E-state index in [1.54, 1.807) is 0 Å².